The van der Waals surface area contributed by atoms with Gasteiger partial charge in [0.05, 0.1) is 26.0 Å². The minimum absolute atomic E-state index is 0.00901. The predicted molar refractivity (Wildman–Crippen MR) is 143 cm³/mol. The summed E-state index contributed by atoms with van der Waals surface area (Å²) in [6.45, 7) is 1.50. The molecule has 2 N–H and O–H groups in total. The summed E-state index contributed by atoms with van der Waals surface area (Å²) in [7, 11) is 1.34. The lowest BCUT2D eigenvalue weighted by atomic mass is 9.86. The zero-order valence-corrected chi connectivity index (χ0v) is 22.7. The normalized spacial score (nSPS) is 22.5. The molecule has 2 fully saturated rings. The number of amides is 2. The summed E-state index contributed by atoms with van der Waals surface area (Å²) in [6.07, 6.45) is 0.346. The smallest absolute Gasteiger partial charge is 0.308 e. The molecule has 1 aliphatic carbocycles. The number of oxazole rings is 1. The van der Waals surface area contributed by atoms with Crippen LogP contribution in [0.1, 0.15) is 43.2 Å². The SMILES string of the molecule is COC(=O)C1CCC(NC(=O)[C@@H]2C[C@H](F)CN2C(=O)Cc2ccc3nc(Nc4cc(F)ccc4C)oc3c2F)CC1. The van der Waals surface area contributed by atoms with E-state index in [2.05, 4.69) is 15.6 Å². The number of hydrogen-bond donors (Lipinski definition) is 2. The zero-order valence-electron chi connectivity index (χ0n) is 22.7. The Morgan fingerprint density at radius 2 is 1.88 bits per heavy atom. The number of likely N-dealkylation sites (tertiary alicyclic amines) is 1. The Kier molecular flexibility index (Phi) is 8.18. The molecule has 1 saturated heterocycles. The Balaban J connectivity index is 1.25. The van der Waals surface area contributed by atoms with E-state index in [0.717, 1.165) is 10.5 Å². The molecule has 12 heteroatoms. The van der Waals surface area contributed by atoms with E-state index in [0.29, 0.717) is 31.4 Å². The average Bonchev–Trinajstić information content (AvgIpc) is 3.56. The number of alkyl halides is 1. The van der Waals surface area contributed by atoms with Crippen molar-refractivity contribution < 1.29 is 36.7 Å². The first-order valence-electron chi connectivity index (χ1n) is 13.6. The van der Waals surface area contributed by atoms with Gasteiger partial charge in [-0.3, -0.25) is 14.4 Å². The van der Waals surface area contributed by atoms with Crippen LogP contribution >= 0.6 is 0 Å². The van der Waals surface area contributed by atoms with Crippen LogP contribution in [-0.4, -0.2) is 59.6 Å². The number of hydrogen-bond acceptors (Lipinski definition) is 7. The number of carbonyl (C=O) groups excluding carboxylic acids is 3. The standard InChI is InChI=1S/C29H31F3N4O5/c1-15-3-7-18(30)12-22(15)35-29-34-21-10-6-17(25(32)26(21)41-29)11-24(37)36-14-19(31)13-23(36)27(38)33-20-8-4-16(5-9-20)28(39)40-2/h3,6-7,10,12,16,19-20,23H,4-5,8-9,11,13-14H2,1-2H3,(H,33,38)(H,34,35)/t16?,19-,20?,23-/m0/s1. The van der Waals surface area contributed by atoms with E-state index < -0.39 is 42.1 Å². The van der Waals surface area contributed by atoms with E-state index in [1.807, 2.05) is 0 Å². The number of fused-ring (bicyclic) bond motifs is 1. The number of nitrogens with zero attached hydrogens (tertiary/aromatic N) is 2. The molecule has 1 aromatic heterocycles. The van der Waals surface area contributed by atoms with Crippen LogP contribution in [-0.2, 0) is 25.5 Å². The molecule has 5 rings (SSSR count). The minimum Gasteiger partial charge on any atom is -0.469 e. The highest BCUT2D eigenvalue weighted by molar-refractivity contribution is 5.90. The Labute approximate surface area is 234 Å². The van der Waals surface area contributed by atoms with Crippen molar-refractivity contribution in [1.29, 1.82) is 0 Å². The van der Waals surface area contributed by atoms with Gasteiger partial charge in [-0.2, -0.15) is 4.98 Å². The second-order valence-electron chi connectivity index (χ2n) is 10.6. The number of carbonyl (C=O) groups is 3. The lowest BCUT2D eigenvalue weighted by molar-refractivity contribution is -0.146. The van der Waals surface area contributed by atoms with Crippen molar-refractivity contribution in [2.24, 2.45) is 5.92 Å². The molecule has 0 bridgehead atoms. The van der Waals surface area contributed by atoms with Crippen molar-refractivity contribution in [3.8, 4) is 0 Å². The van der Waals surface area contributed by atoms with E-state index in [1.165, 1.54) is 31.4 Å². The molecule has 0 radical (unpaired) electrons. The fraction of sp³-hybridized carbons (Fsp3) is 0.448. The van der Waals surface area contributed by atoms with Gasteiger partial charge >= 0.3 is 5.97 Å². The molecule has 2 heterocycles. The molecule has 2 aliphatic rings. The number of halogens is 3. The lowest BCUT2D eigenvalue weighted by Crippen LogP contribution is -2.50. The van der Waals surface area contributed by atoms with Crippen molar-refractivity contribution in [2.45, 2.75) is 63.7 Å². The lowest BCUT2D eigenvalue weighted by Gasteiger charge is -2.30. The maximum Gasteiger partial charge on any atom is 0.308 e. The second-order valence-corrected chi connectivity index (χ2v) is 10.6. The molecule has 218 valence electrons. The molecule has 0 unspecified atom stereocenters. The summed E-state index contributed by atoms with van der Waals surface area (Å²) in [5.41, 5.74) is 1.15. The molecule has 41 heavy (non-hydrogen) atoms. The molecule has 9 nitrogen and oxygen atoms in total. The van der Waals surface area contributed by atoms with Crippen LogP contribution in [0.15, 0.2) is 34.7 Å². The molecule has 1 saturated carbocycles. The first kappa shape index (κ1) is 28.4. The molecule has 1 aliphatic heterocycles. The number of nitrogens with one attached hydrogen (secondary N) is 2. The van der Waals surface area contributed by atoms with E-state index in [4.69, 9.17) is 9.15 Å². The largest absolute Gasteiger partial charge is 0.469 e. The van der Waals surface area contributed by atoms with Gasteiger partial charge in [-0.15, -0.1) is 0 Å². The van der Waals surface area contributed by atoms with Gasteiger partial charge in [0, 0.05) is 23.7 Å². The van der Waals surface area contributed by atoms with Crippen molar-refractivity contribution in [3.05, 3.63) is 53.1 Å². The van der Waals surface area contributed by atoms with Crippen LogP contribution in [0.25, 0.3) is 11.1 Å². The number of aryl methyl sites for hydroxylation is 1. The average molecular weight is 573 g/mol. The van der Waals surface area contributed by atoms with Gasteiger partial charge in [-0.1, -0.05) is 12.1 Å². The highest BCUT2D eigenvalue weighted by Crippen LogP contribution is 2.30. The van der Waals surface area contributed by atoms with Gasteiger partial charge in [0.15, 0.2) is 11.4 Å². The molecule has 2 aromatic carbocycles. The van der Waals surface area contributed by atoms with Crippen molar-refractivity contribution in [2.75, 3.05) is 19.0 Å². The Hall–Kier alpha value is -4.09. The van der Waals surface area contributed by atoms with Gasteiger partial charge in [0.25, 0.3) is 6.01 Å². The summed E-state index contributed by atoms with van der Waals surface area (Å²) in [4.78, 5) is 43.3. The van der Waals surface area contributed by atoms with E-state index in [9.17, 15) is 23.2 Å². The third-order valence-electron chi connectivity index (χ3n) is 7.84. The minimum atomic E-state index is -1.38. The van der Waals surface area contributed by atoms with Crippen LogP contribution in [0.5, 0.6) is 0 Å². The van der Waals surface area contributed by atoms with Crippen molar-refractivity contribution in [3.63, 3.8) is 0 Å². The Morgan fingerprint density at radius 1 is 1.12 bits per heavy atom. The van der Waals surface area contributed by atoms with Crippen LogP contribution in [0.4, 0.5) is 24.9 Å². The van der Waals surface area contributed by atoms with Crippen LogP contribution < -0.4 is 10.6 Å². The molecular weight excluding hydrogens is 541 g/mol. The third kappa shape index (κ3) is 6.15. The van der Waals surface area contributed by atoms with Crippen molar-refractivity contribution in [1.82, 2.24) is 15.2 Å². The number of aromatic nitrogens is 1. The summed E-state index contributed by atoms with van der Waals surface area (Å²) in [5, 5.41) is 5.73. The summed E-state index contributed by atoms with van der Waals surface area (Å²) in [5.74, 6) is -2.79. The number of anilines is 2. The topological polar surface area (TPSA) is 114 Å². The fourth-order valence-electron chi connectivity index (χ4n) is 5.55. The summed E-state index contributed by atoms with van der Waals surface area (Å²) >= 11 is 0. The van der Waals surface area contributed by atoms with Crippen LogP contribution in [0.2, 0.25) is 0 Å². The van der Waals surface area contributed by atoms with Gasteiger partial charge < -0.3 is 24.7 Å². The van der Waals surface area contributed by atoms with E-state index >= 15 is 4.39 Å². The zero-order chi connectivity index (χ0) is 29.3. The highest BCUT2D eigenvalue weighted by Gasteiger charge is 2.41. The summed E-state index contributed by atoms with van der Waals surface area (Å²) in [6, 6.07) is 5.79. The van der Waals surface area contributed by atoms with E-state index in [-0.39, 0.29) is 53.6 Å². The monoisotopic (exact) mass is 572 g/mol. The van der Waals surface area contributed by atoms with Gasteiger partial charge in [-0.25, -0.2) is 13.2 Å². The molecule has 0 spiro atoms. The fourth-order valence-corrected chi connectivity index (χ4v) is 5.55. The Morgan fingerprint density at radius 3 is 2.61 bits per heavy atom. The number of benzene rings is 2. The van der Waals surface area contributed by atoms with Crippen molar-refractivity contribution >= 4 is 40.6 Å². The molecule has 3 aromatic rings. The number of methoxy groups -OCH3 is 1. The van der Waals surface area contributed by atoms with E-state index in [1.54, 1.807) is 13.0 Å². The molecule has 2 atom stereocenters. The maximum atomic E-state index is 15.4. The molecular formula is C29H31F3N4O5. The number of ether oxygens (including phenoxy) is 1. The van der Waals surface area contributed by atoms with Gasteiger partial charge in [-0.05, 0) is 56.4 Å². The highest BCUT2D eigenvalue weighted by atomic mass is 19.1. The predicted octanol–water partition coefficient (Wildman–Crippen LogP) is 4.49. The number of esters is 1. The first-order chi connectivity index (χ1) is 19.6. The maximum absolute atomic E-state index is 15.4. The quantitative estimate of drug-likeness (QED) is 0.401. The summed E-state index contributed by atoms with van der Waals surface area (Å²) < 4.78 is 53.8. The van der Waals surface area contributed by atoms with Crippen LogP contribution in [0, 0.1) is 24.5 Å². The first-order valence-corrected chi connectivity index (χ1v) is 13.6. The second kappa shape index (κ2) is 11.8. The van der Waals surface area contributed by atoms with Crippen LogP contribution in [0.3, 0.4) is 0 Å². The van der Waals surface area contributed by atoms with Gasteiger partial charge in [0.2, 0.25) is 11.8 Å². The third-order valence-corrected chi connectivity index (χ3v) is 7.84. The molecule has 2 amide bonds. The van der Waals surface area contributed by atoms with Gasteiger partial charge in [0.1, 0.15) is 23.5 Å². The Bertz CT molecular complexity index is 1470. The number of rotatable bonds is 7.